The van der Waals surface area contributed by atoms with Gasteiger partial charge in [0.1, 0.15) is 5.41 Å². The van der Waals surface area contributed by atoms with Crippen LogP contribution in [0.1, 0.15) is 34.6 Å². The Labute approximate surface area is 157 Å². The minimum atomic E-state index is -1.08. The fourth-order valence-electron chi connectivity index (χ4n) is 3.54. The number of nitrogens with zero attached hydrogens (tertiary/aromatic N) is 4. The summed E-state index contributed by atoms with van der Waals surface area (Å²) in [6.07, 6.45) is 1.08. The van der Waals surface area contributed by atoms with Crippen LogP contribution in [0.3, 0.4) is 0 Å². The van der Waals surface area contributed by atoms with Crippen LogP contribution in [0.4, 0.5) is 0 Å². The lowest BCUT2D eigenvalue weighted by Gasteiger charge is -2.39. The molecule has 1 aliphatic rings. The summed E-state index contributed by atoms with van der Waals surface area (Å²) in [5.74, 6) is -1.24. The summed E-state index contributed by atoms with van der Waals surface area (Å²) in [6, 6.07) is 7.77. The van der Waals surface area contributed by atoms with Crippen molar-refractivity contribution in [2.75, 3.05) is 26.8 Å². The normalized spacial score (nSPS) is 19.9. The second-order valence-corrected chi connectivity index (χ2v) is 7.12. The average molecular weight is 372 g/mol. The maximum absolute atomic E-state index is 13.0. The number of methoxy groups -OCH3 is 1. The Morgan fingerprint density at radius 3 is 2.59 bits per heavy atom. The molecule has 0 radical (unpaired) electrons. The number of hydrogen-bond acceptors (Lipinski definition) is 5. The number of benzene rings is 1. The van der Waals surface area contributed by atoms with Gasteiger partial charge in [0.05, 0.1) is 18.0 Å². The number of aryl methyl sites for hydroxylation is 1. The molecule has 2 aromatic rings. The van der Waals surface area contributed by atoms with Crippen LogP contribution in [0.2, 0.25) is 0 Å². The summed E-state index contributed by atoms with van der Waals surface area (Å²) in [6.45, 7) is 4.45. The number of ether oxygens (including phenoxy) is 1. The Morgan fingerprint density at radius 2 is 1.96 bits per heavy atom. The first-order valence-electron chi connectivity index (χ1n) is 8.89. The quantitative estimate of drug-likeness (QED) is 0.860. The molecule has 8 nitrogen and oxygen atoms in total. The van der Waals surface area contributed by atoms with Crippen LogP contribution in [0.15, 0.2) is 24.3 Å². The molecule has 0 aliphatic carbocycles. The smallest absolute Gasteiger partial charge is 0.313 e. The largest absolute Gasteiger partial charge is 0.481 e. The van der Waals surface area contributed by atoms with Gasteiger partial charge in [0.2, 0.25) is 0 Å². The molecule has 0 bridgehead atoms. The third-order valence-corrected chi connectivity index (χ3v) is 5.11. The van der Waals surface area contributed by atoms with Crippen molar-refractivity contribution in [2.45, 2.75) is 26.7 Å². The molecule has 0 spiro atoms. The van der Waals surface area contributed by atoms with Crippen LogP contribution < -0.4 is 0 Å². The molecule has 1 N–H and O–H groups in total. The Morgan fingerprint density at radius 1 is 1.26 bits per heavy atom. The number of carboxylic acid groups (broad SMARTS) is 1. The lowest BCUT2D eigenvalue weighted by Crippen LogP contribution is -2.52. The second-order valence-electron chi connectivity index (χ2n) is 7.12. The molecule has 1 amide bonds. The monoisotopic (exact) mass is 372 g/mol. The van der Waals surface area contributed by atoms with Crippen molar-refractivity contribution in [1.29, 1.82) is 0 Å². The van der Waals surface area contributed by atoms with Crippen molar-refractivity contribution in [3.05, 3.63) is 41.2 Å². The summed E-state index contributed by atoms with van der Waals surface area (Å²) in [5, 5.41) is 17.9. The highest BCUT2D eigenvalue weighted by atomic mass is 16.5. The summed E-state index contributed by atoms with van der Waals surface area (Å²) in [7, 11) is 1.47. The van der Waals surface area contributed by atoms with Gasteiger partial charge in [-0.15, -0.1) is 5.10 Å². The van der Waals surface area contributed by atoms with Gasteiger partial charge < -0.3 is 14.7 Å². The van der Waals surface area contributed by atoms with E-state index in [9.17, 15) is 14.7 Å². The summed E-state index contributed by atoms with van der Waals surface area (Å²) < 4.78 is 6.75. The summed E-state index contributed by atoms with van der Waals surface area (Å²) >= 11 is 0. The van der Waals surface area contributed by atoms with E-state index in [1.165, 1.54) is 7.11 Å². The third-order valence-electron chi connectivity index (χ3n) is 5.11. The molecule has 1 fully saturated rings. The number of aliphatic carboxylic acids is 1. The minimum Gasteiger partial charge on any atom is -0.481 e. The average Bonchev–Trinajstić information content (AvgIpc) is 3.03. The molecular formula is C19H24N4O4. The molecule has 1 saturated heterocycles. The van der Waals surface area contributed by atoms with Crippen LogP contribution in [0.25, 0.3) is 5.69 Å². The third kappa shape index (κ3) is 3.57. The molecule has 0 saturated carbocycles. The molecule has 1 aromatic heterocycles. The fraction of sp³-hybridized carbons (Fsp3) is 0.474. The lowest BCUT2D eigenvalue weighted by molar-refractivity contribution is -0.155. The van der Waals surface area contributed by atoms with Gasteiger partial charge in [-0.2, -0.15) is 0 Å². The van der Waals surface area contributed by atoms with Gasteiger partial charge in [0, 0.05) is 20.2 Å². The van der Waals surface area contributed by atoms with Gasteiger partial charge in [-0.1, -0.05) is 22.9 Å². The number of carbonyl (C=O) groups is 2. The van der Waals surface area contributed by atoms with Crippen LogP contribution >= 0.6 is 0 Å². The van der Waals surface area contributed by atoms with E-state index in [1.54, 1.807) is 16.5 Å². The highest BCUT2D eigenvalue weighted by molar-refractivity contribution is 5.94. The number of aromatic nitrogens is 3. The van der Waals surface area contributed by atoms with Crippen molar-refractivity contribution in [2.24, 2.45) is 5.41 Å². The second kappa shape index (κ2) is 7.48. The predicted molar refractivity (Wildman–Crippen MR) is 97.9 cm³/mol. The van der Waals surface area contributed by atoms with E-state index in [4.69, 9.17) is 4.74 Å². The molecule has 2 heterocycles. The minimum absolute atomic E-state index is 0.0706. The zero-order valence-corrected chi connectivity index (χ0v) is 15.8. The van der Waals surface area contributed by atoms with Crippen LogP contribution in [0.5, 0.6) is 0 Å². The molecule has 8 heteroatoms. The number of likely N-dealkylation sites (tertiary alicyclic amines) is 1. The Hall–Kier alpha value is -2.74. The first-order chi connectivity index (χ1) is 12.9. The number of hydrogen-bond donors (Lipinski definition) is 1. The number of amides is 1. The number of carbonyl (C=O) groups excluding carboxylic acids is 1. The molecule has 144 valence electrons. The van der Waals surface area contributed by atoms with Gasteiger partial charge in [0.15, 0.2) is 5.69 Å². The maximum atomic E-state index is 13.0. The van der Waals surface area contributed by atoms with E-state index in [0.29, 0.717) is 25.1 Å². The predicted octanol–water partition coefficient (Wildman–Crippen LogP) is 1.84. The Bertz CT molecular complexity index is 842. The van der Waals surface area contributed by atoms with Gasteiger partial charge in [0.25, 0.3) is 5.91 Å². The molecule has 27 heavy (non-hydrogen) atoms. The standard InChI is InChI=1S/C19H24N4O4/c1-13-5-7-15(8-6-13)23-14(2)16(20-21-23)17(24)22-10-4-9-19(11-22,12-27-3)18(25)26/h5-8H,4,9-12H2,1-3H3,(H,25,26). The number of piperidine rings is 1. The Balaban J connectivity index is 1.86. The number of carboxylic acids is 1. The highest BCUT2D eigenvalue weighted by Crippen LogP contribution is 2.31. The van der Waals surface area contributed by atoms with Crippen molar-refractivity contribution >= 4 is 11.9 Å². The van der Waals surface area contributed by atoms with E-state index in [2.05, 4.69) is 10.3 Å². The molecule has 1 aliphatic heterocycles. The van der Waals surface area contributed by atoms with Crippen LogP contribution in [-0.4, -0.2) is 63.7 Å². The first kappa shape index (κ1) is 19.0. The van der Waals surface area contributed by atoms with Crippen LogP contribution in [-0.2, 0) is 9.53 Å². The van der Waals surface area contributed by atoms with E-state index in [-0.39, 0.29) is 24.8 Å². The highest BCUT2D eigenvalue weighted by Gasteiger charge is 2.44. The van der Waals surface area contributed by atoms with Gasteiger partial charge in [-0.3, -0.25) is 9.59 Å². The maximum Gasteiger partial charge on any atom is 0.313 e. The van der Waals surface area contributed by atoms with Gasteiger partial charge >= 0.3 is 5.97 Å². The lowest BCUT2D eigenvalue weighted by atomic mass is 9.80. The van der Waals surface area contributed by atoms with Crippen molar-refractivity contribution in [3.63, 3.8) is 0 Å². The summed E-state index contributed by atoms with van der Waals surface area (Å²) in [5.41, 5.74) is 1.74. The molecule has 1 unspecified atom stereocenters. The SMILES string of the molecule is COCC1(C(=O)O)CCCN(C(=O)c2nnn(-c3ccc(C)cc3)c2C)C1. The molecule has 1 atom stereocenters. The zero-order valence-electron chi connectivity index (χ0n) is 15.8. The number of rotatable bonds is 5. The van der Waals surface area contributed by atoms with E-state index >= 15 is 0 Å². The van der Waals surface area contributed by atoms with E-state index in [0.717, 1.165) is 11.3 Å². The van der Waals surface area contributed by atoms with Crippen molar-refractivity contribution < 1.29 is 19.4 Å². The first-order valence-corrected chi connectivity index (χ1v) is 8.89. The zero-order chi connectivity index (χ0) is 19.6. The molecule has 1 aromatic carbocycles. The van der Waals surface area contributed by atoms with Gasteiger partial charge in [-0.25, -0.2) is 4.68 Å². The topological polar surface area (TPSA) is 97.6 Å². The molecule has 3 rings (SSSR count). The van der Waals surface area contributed by atoms with Crippen LogP contribution in [0, 0.1) is 19.3 Å². The van der Waals surface area contributed by atoms with Crippen molar-refractivity contribution in [3.8, 4) is 5.69 Å². The van der Waals surface area contributed by atoms with E-state index < -0.39 is 11.4 Å². The fourth-order valence-corrected chi connectivity index (χ4v) is 3.54. The Kier molecular flexibility index (Phi) is 5.27. The van der Waals surface area contributed by atoms with Crippen molar-refractivity contribution in [1.82, 2.24) is 19.9 Å². The van der Waals surface area contributed by atoms with E-state index in [1.807, 2.05) is 31.2 Å². The van der Waals surface area contributed by atoms with Gasteiger partial charge in [-0.05, 0) is 38.8 Å². The molecular weight excluding hydrogens is 348 g/mol. The summed E-state index contributed by atoms with van der Waals surface area (Å²) in [4.78, 5) is 26.4.